The third-order valence-corrected chi connectivity index (χ3v) is 1.75. The largest absolute Gasteiger partial charge is 0.375 e. The van der Waals surface area contributed by atoms with Crippen molar-refractivity contribution < 1.29 is 0 Å². The van der Waals surface area contributed by atoms with Gasteiger partial charge in [-0.25, -0.2) is 0 Å². The van der Waals surface area contributed by atoms with Gasteiger partial charge in [-0.3, -0.25) is 0 Å². The third kappa shape index (κ3) is 4.07. The van der Waals surface area contributed by atoms with E-state index in [0.29, 0.717) is 6.04 Å². The maximum atomic E-state index is 2.38. The smallest absolute Gasteiger partial charge is 0.0227 e. The third-order valence-electron chi connectivity index (χ3n) is 1.75. The molecule has 1 aliphatic heterocycles. The highest BCUT2D eigenvalue weighted by Crippen LogP contribution is 2.08. The van der Waals surface area contributed by atoms with Crippen LogP contribution in [0.5, 0.6) is 0 Å². The molecule has 1 aliphatic rings. The van der Waals surface area contributed by atoms with Crippen molar-refractivity contribution >= 4 is 0 Å². The Morgan fingerprint density at radius 2 is 1.91 bits per heavy atom. The van der Waals surface area contributed by atoms with Gasteiger partial charge in [0.25, 0.3) is 0 Å². The van der Waals surface area contributed by atoms with Crippen molar-refractivity contribution in [3.8, 4) is 0 Å². The predicted molar refractivity (Wildman–Crippen MR) is 51.6 cm³/mol. The Morgan fingerprint density at radius 1 is 1.27 bits per heavy atom. The molecule has 11 heavy (non-hydrogen) atoms. The number of hydrogen-bond donors (Lipinski definition) is 0. The van der Waals surface area contributed by atoms with Gasteiger partial charge in [-0.2, -0.15) is 0 Å². The minimum absolute atomic E-state index is 0.682. The van der Waals surface area contributed by atoms with Gasteiger partial charge in [0.05, 0.1) is 0 Å². The highest BCUT2D eigenvalue weighted by atomic mass is 15.1. The lowest BCUT2D eigenvalue weighted by Gasteiger charge is -2.27. The second-order valence-electron chi connectivity index (χ2n) is 2.86. The Bertz CT molecular complexity index is 105. The van der Waals surface area contributed by atoms with Crippen molar-refractivity contribution in [2.45, 2.75) is 46.6 Å². The van der Waals surface area contributed by atoms with E-state index in [2.05, 4.69) is 31.0 Å². The standard InChI is InChI=1S/C8H15N.C2H6/c1-8(2)9-6-4-3-5-7-9;1-2/h4,6,8H,3,5,7H2,1-2H3;1-2H3. The molecule has 0 radical (unpaired) electrons. The molecule has 0 atom stereocenters. The maximum Gasteiger partial charge on any atom is 0.0227 e. The van der Waals surface area contributed by atoms with Gasteiger partial charge in [-0.05, 0) is 32.9 Å². The molecule has 0 aromatic carbocycles. The van der Waals surface area contributed by atoms with Crippen LogP contribution in [0, 0.1) is 0 Å². The van der Waals surface area contributed by atoms with E-state index in [0.717, 1.165) is 0 Å². The molecule has 1 rings (SSSR count). The normalized spacial score (nSPS) is 16.3. The summed E-state index contributed by atoms with van der Waals surface area (Å²) in [7, 11) is 0. The molecule has 0 aromatic heterocycles. The first-order valence-electron chi connectivity index (χ1n) is 4.73. The van der Waals surface area contributed by atoms with Crippen LogP contribution in [0.3, 0.4) is 0 Å². The molecular formula is C10H21N. The SMILES string of the molecule is CC.CC(C)N1C=CCCC1. The fourth-order valence-electron chi connectivity index (χ4n) is 1.11. The first-order chi connectivity index (χ1) is 5.30. The molecule has 1 heterocycles. The van der Waals surface area contributed by atoms with Crippen LogP contribution in [0.2, 0.25) is 0 Å². The fraction of sp³-hybridized carbons (Fsp3) is 0.800. The van der Waals surface area contributed by atoms with E-state index in [1.807, 2.05) is 13.8 Å². The number of nitrogens with zero attached hydrogens (tertiary/aromatic N) is 1. The molecular weight excluding hydrogens is 134 g/mol. The van der Waals surface area contributed by atoms with E-state index in [-0.39, 0.29) is 0 Å². The number of rotatable bonds is 1. The van der Waals surface area contributed by atoms with E-state index in [1.165, 1.54) is 19.4 Å². The monoisotopic (exact) mass is 155 g/mol. The zero-order chi connectivity index (χ0) is 8.69. The average molecular weight is 155 g/mol. The van der Waals surface area contributed by atoms with Crippen LogP contribution in [-0.2, 0) is 0 Å². The summed E-state index contributed by atoms with van der Waals surface area (Å²) < 4.78 is 0. The van der Waals surface area contributed by atoms with E-state index in [1.54, 1.807) is 0 Å². The van der Waals surface area contributed by atoms with Crippen molar-refractivity contribution in [1.29, 1.82) is 0 Å². The van der Waals surface area contributed by atoms with Gasteiger partial charge in [0, 0.05) is 12.6 Å². The molecule has 0 amide bonds. The molecule has 0 unspecified atom stereocenters. The highest BCUT2D eigenvalue weighted by molar-refractivity contribution is 4.88. The van der Waals surface area contributed by atoms with Gasteiger partial charge in [-0.1, -0.05) is 19.9 Å². The molecule has 1 nitrogen and oxygen atoms in total. The van der Waals surface area contributed by atoms with E-state index in [9.17, 15) is 0 Å². The maximum absolute atomic E-state index is 2.38. The van der Waals surface area contributed by atoms with Crippen LogP contribution in [0.25, 0.3) is 0 Å². The lowest BCUT2D eigenvalue weighted by Crippen LogP contribution is -2.27. The summed E-state index contributed by atoms with van der Waals surface area (Å²) >= 11 is 0. The average Bonchev–Trinajstić information content (AvgIpc) is 2.10. The van der Waals surface area contributed by atoms with E-state index in [4.69, 9.17) is 0 Å². The second-order valence-corrected chi connectivity index (χ2v) is 2.86. The highest BCUT2D eigenvalue weighted by Gasteiger charge is 2.05. The zero-order valence-electron chi connectivity index (χ0n) is 8.30. The summed E-state index contributed by atoms with van der Waals surface area (Å²) in [6.45, 7) is 9.71. The van der Waals surface area contributed by atoms with Crippen LogP contribution >= 0.6 is 0 Å². The summed E-state index contributed by atoms with van der Waals surface area (Å²) in [6.07, 6.45) is 7.07. The Kier molecular flexibility index (Phi) is 6.00. The van der Waals surface area contributed by atoms with Gasteiger partial charge in [0.1, 0.15) is 0 Å². The molecule has 0 aliphatic carbocycles. The summed E-state index contributed by atoms with van der Waals surface area (Å²) in [4.78, 5) is 2.38. The van der Waals surface area contributed by atoms with Crippen molar-refractivity contribution in [1.82, 2.24) is 4.90 Å². The lowest BCUT2D eigenvalue weighted by atomic mass is 10.2. The number of allylic oxidation sites excluding steroid dienone is 1. The Morgan fingerprint density at radius 3 is 2.18 bits per heavy atom. The van der Waals surface area contributed by atoms with E-state index >= 15 is 0 Å². The zero-order valence-corrected chi connectivity index (χ0v) is 8.30. The van der Waals surface area contributed by atoms with E-state index < -0.39 is 0 Å². The minimum atomic E-state index is 0.682. The molecule has 0 spiro atoms. The summed E-state index contributed by atoms with van der Waals surface area (Å²) in [5, 5.41) is 0. The second kappa shape index (κ2) is 6.26. The van der Waals surface area contributed by atoms with Crippen molar-refractivity contribution in [2.75, 3.05) is 6.54 Å². The summed E-state index contributed by atoms with van der Waals surface area (Å²) in [6, 6.07) is 0.682. The minimum Gasteiger partial charge on any atom is -0.375 e. The van der Waals surface area contributed by atoms with Gasteiger partial charge < -0.3 is 4.90 Å². The first kappa shape index (κ1) is 10.5. The first-order valence-corrected chi connectivity index (χ1v) is 4.73. The van der Waals surface area contributed by atoms with Crippen LogP contribution < -0.4 is 0 Å². The van der Waals surface area contributed by atoms with Gasteiger partial charge in [0.15, 0.2) is 0 Å². The molecule has 1 heteroatoms. The lowest BCUT2D eigenvalue weighted by molar-refractivity contribution is 0.295. The predicted octanol–water partition coefficient (Wildman–Crippen LogP) is 3.03. The van der Waals surface area contributed by atoms with Gasteiger partial charge in [0.2, 0.25) is 0 Å². The molecule has 66 valence electrons. The summed E-state index contributed by atoms with van der Waals surface area (Å²) in [5.74, 6) is 0. The quantitative estimate of drug-likeness (QED) is 0.562. The number of hydrogen-bond acceptors (Lipinski definition) is 1. The van der Waals surface area contributed by atoms with Gasteiger partial charge in [-0.15, -0.1) is 0 Å². The molecule has 0 saturated carbocycles. The molecule has 0 aromatic rings. The molecule has 0 fully saturated rings. The Balaban J connectivity index is 0.000000461. The molecule has 0 saturated heterocycles. The molecule has 0 N–H and O–H groups in total. The van der Waals surface area contributed by atoms with Crippen molar-refractivity contribution in [3.63, 3.8) is 0 Å². The molecule has 0 bridgehead atoms. The Hall–Kier alpha value is -0.460. The fourth-order valence-corrected chi connectivity index (χ4v) is 1.11. The van der Waals surface area contributed by atoms with Gasteiger partial charge >= 0.3 is 0 Å². The van der Waals surface area contributed by atoms with Crippen LogP contribution in [-0.4, -0.2) is 17.5 Å². The Labute approximate surface area is 71.1 Å². The van der Waals surface area contributed by atoms with Crippen LogP contribution in [0.4, 0.5) is 0 Å². The van der Waals surface area contributed by atoms with Crippen molar-refractivity contribution in [2.24, 2.45) is 0 Å². The summed E-state index contributed by atoms with van der Waals surface area (Å²) in [5.41, 5.74) is 0. The topological polar surface area (TPSA) is 3.24 Å². The van der Waals surface area contributed by atoms with Crippen molar-refractivity contribution in [3.05, 3.63) is 12.3 Å². The van der Waals surface area contributed by atoms with Crippen LogP contribution in [0.1, 0.15) is 40.5 Å². The van der Waals surface area contributed by atoms with Crippen LogP contribution in [0.15, 0.2) is 12.3 Å².